The number of nitrogens with zero attached hydrogens (tertiary/aromatic N) is 2. The first-order valence-electron chi connectivity index (χ1n) is 14.6. The molecule has 3 aromatic rings. The molecular weight excluding hydrogens is 528 g/mol. The molecule has 0 bridgehead atoms. The van der Waals surface area contributed by atoms with Gasteiger partial charge in [0.15, 0.2) is 12.6 Å². The molecule has 9 heteroatoms. The van der Waals surface area contributed by atoms with Crippen LogP contribution < -0.4 is 26.4 Å². The van der Waals surface area contributed by atoms with Crippen LogP contribution in [0.5, 0.6) is 5.75 Å². The maximum Gasteiger partial charge on any atom is 0.257 e. The number of nitrogens with two attached hydrogens (primary N) is 1. The highest BCUT2D eigenvalue weighted by Crippen LogP contribution is 2.27. The quantitative estimate of drug-likeness (QED) is 0.143. The van der Waals surface area contributed by atoms with Crippen LogP contribution in [-0.2, 0) is 9.59 Å². The van der Waals surface area contributed by atoms with Gasteiger partial charge in [0.2, 0.25) is 5.91 Å². The first-order valence-corrected chi connectivity index (χ1v) is 14.6. The number of carbonyl (C=O) groups excluding carboxylic acids is 2. The number of ether oxygens (including phenoxy) is 1. The number of carbonyl (C=O) groups is 2. The molecule has 1 saturated heterocycles. The second-order valence-electron chi connectivity index (χ2n) is 10.4. The van der Waals surface area contributed by atoms with E-state index in [-0.39, 0.29) is 36.4 Å². The second-order valence-corrected chi connectivity index (χ2v) is 10.4. The second kappa shape index (κ2) is 16.2. The van der Waals surface area contributed by atoms with Crippen LogP contribution in [0.25, 0.3) is 0 Å². The van der Waals surface area contributed by atoms with E-state index in [1.165, 1.54) is 11.1 Å². The average Bonchev–Trinajstić information content (AvgIpc) is 3.18. The SMILES string of the molecule is CN=C(N)NCCCC1NC(CNC(=O)COc2ccccc2)CCN(CC(c2ccccc2)c2ccccc2)C1=O. The molecule has 0 saturated carbocycles. The Kier molecular flexibility index (Phi) is 11.8. The molecule has 0 aromatic heterocycles. The van der Waals surface area contributed by atoms with Gasteiger partial charge >= 0.3 is 0 Å². The Morgan fingerprint density at radius 2 is 1.62 bits per heavy atom. The first kappa shape index (κ1) is 30.6. The van der Waals surface area contributed by atoms with Gasteiger partial charge in [0.1, 0.15) is 5.75 Å². The summed E-state index contributed by atoms with van der Waals surface area (Å²) in [5, 5.41) is 9.60. The standard InChI is InChI=1S/C33H42N6O3/c1-35-33(34)36-20-11-18-30-32(41)39(23-29(25-12-5-2-6-13-25)26-14-7-3-8-15-26)21-19-27(38-30)22-37-31(40)24-42-28-16-9-4-10-17-28/h2-10,12-17,27,29-30,38H,11,18-24H2,1H3,(H,37,40)(H3,34,35,36). The van der Waals surface area contributed by atoms with Crippen LogP contribution in [0, 0.1) is 0 Å². The fourth-order valence-corrected chi connectivity index (χ4v) is 5.18. The lowest BCUT2D eigenvalue weighted by atomic mass is 9.90. The van der Waals surface area contributed by atoms with Gasteiger partial charge in [-0.3, -0.25) is 14.6 Å². The van der Waals surface area contributed by atoms with Crippen LogP contribution in [-0.4, -0.2) is 74.6 Å². The van der Waals surface area contributed by atoms with Crippen LogP contribution in [0.15, 0.2) is 96.0 Å². The molecule has 9 nitrogen and oxygen atoms in total. The van der Waals surface area contributed by atoms with Crippen molar-refractivity contribution in [2.45, 2.75) is 37.3 Å². The van der Waals surface area contributed by atoms with Crippen molar-refractivity contribution in [1.82, 2.24) is 20.9 Å². The van der Waals surface area contributed by atoms with Gasteiger partial charge in [-0.1, -0.05) is 78.9 Å². The summed E-state index contributed by atoms with van der Waals surface area (Å²) in [6.45, 7) is 2.12. The first-order chi connectivity index (χ1) is 20.5. The summed E-state index contributed by atoms with van der Waals surface area (Å²) in [7, 11) is 1.64. The van der Waals surface area contributed by atoms with Gasteiger partial charge < -0.3 is 31.3 Å². The Balaban J connectivity index is 1.43. The lowest BCUT2D eigenvalue weighted by molar-refractivity contribution is -0.133. The summed E-state index contributed by atoms with van der Waals surface area (Å²) in [5.74, 6) is 0.950. The van der Waals surface area contributed by atoms with E-state index in [1.54, 1.807) is 7.05 Å². The van der Waals surface area contributed by atoms with E-state index in [0.717, 1.165) is 6.42 Å². The number of rotatable bonds is 13. The lowest BCUT2D eigenvalue weighted by Crippen LogP contribution is -2.49. The molecule has 3 aromatic carbocycles. The number of hydrogen-bond donors (Lipinski definition) is 4. The van der Waals surface area contributed by atoms with Crippen LogP contribution in [0.4, 0.5) is 0 Å². The number of hydrogen-bond acceptors (Lipinski definition) is 5. The number of aliphatic imine (C=N–C) groups is 1. The highest BCUT2D eigenvalue weighted by molar-refractivity contribution is 5.82. The molecule has 222 valence electrons. The molecule has 1 aliphatic heterocycles. The maximum atomic E-state index is 14.0. The summed E-state index contributed by atoms with van der Waals surface area (Å²) in [6, 6.07) is 29.5. The Morgan fingerprint density at radius 1 is 1.00 bits per heavy atom. The van der Waals surface area contributed by atoms with Crippen molar-refractivity contribution in [2.75, 3.05) is 39.8 Å². The number of guanidine groups is 1. The van der Waals surface area contributed by atoms with Crippen LogP contribution in [0.3, 0.4) is 0 Å². The summed E-state index contributed by atoms with van der Waals surface area (Å²) in [4.78, 5) is 32.4. The van der Waals surface area contributed by atoms with Gasteiger partial charge in [0, 0.05) is 45.2 Å². The van der Waals surface area contributed by atoms with Gasteiger partial charge in [-0.25, -0.2) is 0 Å². The molecule has 2 atom stereocenters. The van der Waals surface area contributed by atoms with Crippen LogP contribution in [0.2, 0.25) is 0 Å². The molecule has 2 amide bonds. The fraction of sp³-hybridized carbons (Fsp3) is 0.364. The molecule has 1 fully saturated rings. The molecule has 2 unspecified atom stereocenters. The zero-order valence-corrected chi connectivity index (χ0v) is 24.2. The van der Waals surface area contributed by atoms with Crippen molar-refractivity contribution in [2.24, 2.45) is 10.7 Å². The molecule has 1 aliphatic rings. The van der Waals surface area contributed by atoms with E-state index in [2.05, 4.69) is 45.2 Å². The van der Waals surface area contributed by atoms with Crippen molar-refractivity contribution >= 4 is 17.8 Å². The minimum absolute atomic E-state index is 0.0469. The summed E-state index contributed by atoms with van der Waals surface area (Å²) in [5.41, 5.74) is 8.13. The Labute approximate surface area is 248 Å². The third-order valence-corrected chi connectivity index (χ3v) is 7.48. The topological polar surface area (TPSA) is 121 Å². The van der Waals surface area contributed by atoms with Crippen LogP contribution >= 0.6 is 0 Å². The predicted molar refractivity (Wildman–Crippen MR) is 166 cm³/mol. The monoisotopic (exact) mass is 570 g/mol. The largest absolute Gasteiger partial charge is 0.484 e. The Bertz CT molecular complexity index is 1230. The van der Waals surface area contributed by atoms with E-state index >= 15 is 0 Å². The minimum atomic E-state index is -0.385. The van der Waals surface area contributed by atoms with Gasteiger partial charge in [0.05, 0.1) is 6.04 Å². The average molecular weight is 571 g/mol. The number of amides is 2. The Morgan fingerprint density at radius 3 is 2.24 bits per heavy atom. The minimum Gasteiger partial charge on any atom is -0.484 e. The van der Waals surface area contributed by atoms with Crippen molar-refractivity contribution in [3.63, 3.8) is 0 Å². The molecule has 4 rings (SSSR count). The van der Waals surface area contributed by atoms with Crippen molar-refractivity contribution < 1.29 is 14.3 Å². The van der Waals surface area contributed by atoms with E-state index in [0.29, 0.717) is 50.7 Å². The number of benzene rings is 3. The molecule has 5 N–H and O–H groups in total. The summed E-state index contributed by atoms with van der Waals surface area (Å²) in [6.07, 6.45) is 2.08. The molecule has 0 radical (unpaired) electrons. The molecule has 0 spiro atoms. The number of para-hydroxylation sites is 1. The zero-order chi connectivity index (χ0) is 29.6. The van der Waals surface area contributed by atoms with Gasteiger partial charge in [0.25, 0.3) is 5.91 Å². The van der Waals surface area contributed by atoms with E-state index in [4.69, 9.17) is 10.5 Å². The van der Waals surface area contributed by atoms with Gasteiger partial charge in [-0.2, -0.15) is 0 Å². The van der Waals surface area contributed by atoms with Gasteiger partial charge in [-0.15, -0.1) is 0 Å². The van der Waals surface area contributed by atoms with Crippen molar-refractivity contribution in [1.29, 1.82) is 0 Å². The Hall–Kier alpha value is -4.37. The highest BCUT2D eigenvalue weighted by atomic mass is 16.5. The van der Waals surface area contributed by atoms with E-state index in [9.17, 15) is 9.59 Å². The molecule has 42 heavy (non-hydrogen) atoms. The zero-order valence-electron chi connectivity index (χ0n) is 24.2. The predicted octanol–water partition coefficient (Wildman–Crippen LogP) is 2.89. The molecule has 1 heterocycles. The molecular formula is C33H42N6O3. The number of nitrogens with one attached hydrogen (secondary N) is 3. The molecule has 0 aliphatic carbocycles. The van der Waals surface area contributed by atoms with Gasteiger partial charge in [-0.05, 0) is 42.5 Å². The maximum absolute atomic E-state index is 14.0. The van der Waals surface area contributed by atoms with E-state index in [1.807, 2.05) is 71.6 Å². The van der Waals surface area contributed by atoms with Crippen molar-refractivity contribution in [3.8, 4) is 5.75 Å². The van der Waals surface area contributed by atoms with Crippen LogP contribution in [0.1, 0.15) is 36.3 Å². The lowest BCUT2D eigenvalue weighted by Gasteiger charge is -2.29. The van der Waals surface area contributed by atoms with E-state index < -0.39 is 0 Å². The summed E-state index contributed by atoms with van der Waals surface area (Å²) >= 11 is 0. The third kappa shape index (κ3) is 9.34. The highest BCUT2D eigenvalue weighted by Gasteiger charge is 2.32. The summed E-state index contributed by atoms with van der Waals surface area (Å²) < 4.78 is 5.59. The van der Waals surface area contributed by atoms with Crippen molar-refractivity contribution in [3.05, 3.63) is 102 Å². The normalized spacial score (nSPS) is 17.5. The fourth-order valence-electron chi connectivity index (χ4n) is 5.18. The smallest absolute Gasteiger partial charge is 0.257 e. The third-order valence-electron chi connectivity index (χ3n) is 7.48.